The molecule has 0 aliphatic heterocycles. The molecule has 0 atom stereocenters. The van der Waals surface area contributed by atoms with Gasteiger partial charge in [0.05, 0.1) is 0 Å². The Labute approximate surface area is 73.5 Å². The maximum atomic E-state index is 10.3. The molecule has 1 radical (unpaired) electrons. The van der Waals surface area contributed by atoms with Crippen molar-refractivity contribution in [3.05, 3.63) is 35.9 Å². The van der Waals surface area contributed by atoms with Gasteiger partial charge in [0.25, 0.3) is 7.28 Å². The Kier molecular flexibility index (Phi) is 5.79. The third-order valence-electron chi connectivity index (χ3n) is 1.13. The lowest BCUT2D eigenvalue weighted by molar-refractivity contribution is 0.220. The molecule has 0 aliphatic carbocycles. The topological polar surface area (TPSA) is 37.3 Å². The molecule has 0 aliphatic rings. The van der Waals surface area contributed by atoms with Crippen molar-refractivity contribution < 1.29 is 9.90 Å². The second-order valence-corrected chi connectivity index (χ2v) is 2.18. The molecule has 0 rings (SSSR count). The van der Waals surface area contributed by atoms with Crippen LogP contribution < -0.4 is 0 Å². The van der Waals surface area contributed by atoms with Gasteiger partial charge in [-0.15, -0.1) is 0 Å². The highest BCUT2D eigenvalue weighted by Crippen LogP contribution is 1.96. The third kappa shape index (κ3) is 5.53. The molecule has 0 aromatic heterocycles. The first-order valence-electron chi connectivity index (χ1n) is 3.74. The number of allylic oxidation sites excluding steroid dienone is 6. The van der Waals surface area contributed by atoms with Crippen LogP contribution in [-0.2, 0) is 0 Å². The minimum atomic E-state index is -0.927. The molecule has 0 aromatic carbocycles. The summed E-state index contributed by atoms with van der Waals surface area (Å²) in [4.78, 5) is 10.3. The number of hydrogen-bond donors (Lipinski definition) is 1. The normalized spacial score (nSPS) is 12.7. The van der Waals surface area contributed by atoms with Gasteiger partial charge in [0, 0.05) is 0 Å². The van der Waals surface area contributed by atoms with Crippen LogP contribution in [-0.4, -0.2) is 18.3 Å². The van der Waals surface area contributed by atoms with Crippen LogP contribution in [0.25, 0.3) is 0 Å². The Hall–Kier alpha value is -1.25. The van der Waals surface area contributed by atoms with Crippen molar-refractivity contribution in [1.82, 2.24) is 0 Å². The van der Waals surface area contributed by atoms with Crippen LogP contribution in [0.15, 0.2) is 35.9 Å². The first-order chi connectivity index (χ1) is 5.70. The Balaban J connectivity index is 4.32. The molecule has 0 amide bonds. The van der Waals surface area contributed by atoms with Gasteiger partial charge in [0.2, 0.25) is 5.87 Å². The predicted molar refractivity (Wildman–Crippen MR) is 51.5 cm³/mol. The van der Waals surface area contributed by atoms with Gasteiger partial charge in [-0.05, 0) is 13.8 Å². The first kappa shape index (κ1) is 10.8. The van der Waals surface area contributed by atoms with Crippen LogP contribution in [0.2, 0.25) is 0 Å². The highest BCUT2D eigenvalue weighted by Gasteiger charge is 2.02. The highest BCUT2D eigenvalue weighted by atomic mass is 16.4. The average Bonchev–Trinajstić information content (AvgIpc) is 2.00. The van der Waals surface area contributed by atoms with Crippen LogP contribution in [0.5, 0.6) is 0 Å². The monoisotopic (exact) mass is 163 g/mol. The van der Waals surface area contributed by atoms with Gasteiger partial charge in [-0.3, -0.25) is 4.79 Å². The van der Waals surface area contributed by atoms with Gasteiger partial charge in [0.1, 0.15) is 0 Å². The van der Waals surface area contributed by atoms with E-state index in [1.165, 1.54) is 7.28 Å². The lowest BCUT2D eigenvalue weighted by Crippen LogP contribution is -2.06. The second-order valence-electron chi connectivity index (χ2n) is 2.18. The molecule has 0 spiro atoms. The van der Waals surface area contributed by atoms with Gasteiger partial charge in [-0.2, -0.15) is 0 Å². The largest absolute Gasteiger partial charge is 0.489 e. The minimum Gasteiger partial charge on any atom is -0.489 e. The van der Waals surface area contributed by atoms with Crippen LogP contribution in [0, 0.1) is 0 Å². The van der Waals surface area contributed by atoms with Crippen molar-refractivity contribution in [2.75, 3.05) is 0 Å². The van der Waals surface area contributed by atoms with Crippen molar-refractivity contribution >= 4 is 13.1 Å². The summed E-state index contributed by atoms with van der Waals surface area (Å²) in [5.74, 6) is -0.927. The molecule has 0 saturated carbocycles. The summed E-state index contributed by atoms with van der Waals surface area (Å²) >= 11 is 0. The van der Waals surface area contributed by atoms with Crippen molar-refractivity contribution in [3.8, 4) is 0 Å². The van der Waals surface area contributed by atoms with E-state index in [9.17, 15) is 4.79 Å². The fourth-order valence-electron chi connectivity index (χ4n) is 0.694. The molecule has 0 bridgehead atoms. The third-order valence-corrected chi connectivity index (χ3v) is 1.13. The molecule has 1 N–H and O–H groups in total. The number of carbonyl (C=O) groups is 1. The van der Waals surface area contributed by atoms with E-state index in [0.29, 0.717) is 5.47 Å². The Morgan fingerprint density at radius 2 is 2.00 bits per heavy atom. The lowest BCUT2D eigenvalue weighted by Gasteiger charge is -1.92. The summed E-state index contributed by atoms with van der Waals surface area (Å²) in [6.45, 7) is 3.73. The molecule has 0 fully saturated rings. The molecule has 0 saturated heterocycles. The van der Waals surface area contributed by atoms with Gasteiger partial charge in [-0.25, -0.2) is 0 Å². The molecule has 63 valence electrons. The van der Waals surface area contributed by atoms with E-state index in [0.717, 1.165) is 0 Å². The van der Waals surface area contributed by atoms with Crippen LogP contribution >= 0.6 is 0 Å². The second kappa shape index (κ2) is 6.46. The Morgan fingerprint density at radius 3 is 2.42 bits per heavy atom. The highest BCUT2D eigenvalue weighted by molar-refractivity contribution is 6.77. The van der Waals surface area contributed by atoms with Crippen LogP contribution in [0.1, 0.15) is 13.8 Å². The summed E-state index contributed by atoms with van der Waals surface area (Å²) in [6.07, 6.45) is 8.94. The smallest absolute Gasteiger partial charge is 0.299 e. The van der Waals surface area contributed by atoms with Crippen molar-refractivity contribution in [2.24, 2.45) is 0 Å². The Morgan fingerprint density at radius 1 is 1.33 bits per heavy atom. The summed E-state index contributed by atoms with van der Waals surface area (Å²) in [6, 6.07) is 0. The summed E-state index contributed by atoms with van der Waals surface area (Å²) in [7, 11) is 1.17. The molecule has 0 aromatic rings. The number of rotatable bonds is 4. The lowest BCUT2D eigenvalue weighted by atomic mass is 9.69. The Bertz CT molecular complexity index is 227. The predicted octanol–water partition coefficient (Wildman–Crippen LogP) is 2.40. The van der Waals surface area contributed by atoms with E-state index in [4.69, 9.17) is 5.11 Å². The zero-order chi connectivity index (χ0) is 9.40. The van der Waals surface area contributed by atoms with E-state index in [-0.39, 0.29) is 0 Å². The number of hydrogen-bond acceptors (Lipinski definition) is 1. The van der Waals surface area contributed by atoms with Gasteiger partial charge >= 0.3 is 0 Å². The van der Waals surface area contributed by atoms with Gasteiger partial charge in [-0.1, -0.05) is 35.9 Å². The fourth-order valence-corrected chi connectivity index (χ4v) is 0.694. The van der Waals surface area contributed by atoms with E-state index < -0.39 is 5.87 Å². The standard InChI is InChI=1S/C9H12BO2/c1-3-5-7-8(6-4-2)10-9(11)12/h3-7H,1-2H3,(H,11,12)/b5-3-,6-4-,8-7+. The maximum Gasteiger partial charge on any atom is 0.299 e. The minimum absolute atomic E-state index is 0.683. The fraction of sp³-hybridized carbons (Fsp3) is 0.222. The van der Waals surface area contributed by atoms with E-state index in [1.807, 2.05) is 19.9 Å². The molecule has 12 heavy (non-hydrogen) atoms. The van der Waals surface area contributed by atoms with E-state index >= 15 is 0 Å². The van der Waals surface area contributed by atoms with Gasteiger partial charge in [0.15, 0.2) is 0 Å². The average molecular weight is 163 g/mol. The molecule has 3 heteroatoms. The summed E-state index contributed by atoms with van der Waals surface area (Å²) in [5, 5.41) is 8.46. The van der Waals surface area contributed by atoms with Crippen molar-refractivity contribution in [3.63, 3.8) is 0 Å². The van der Waals surface area contributed by atoms with Gasteiger partial charge < -0.3 is 5.11 Å². The molecular weight excluding hydrogens is 151 g/mol. The molecule has 2 nitrogen and oxygen atoms in total. The zero-order valence-corrected chi connectivity index (χ0v) is 7.32. The van der Waals surface area contributed by atoms with E-state index in [1.54, 1.807) is 24.3 Å². The van der Waals surface area contributed by atoms with Crippen LogP contribution in [0.3, 0.4) is 0 Å². The van der Waals surface area contributed by atoms with E-state index in [2.05, 4.69) is 0 Å². The van der Waals surface area contributed by atoms with Crippen molar-refractivity contribution in [1.29, 1.82) is 0 Å². The maximum absolute atomic E-state index is 10.3. The molecular formula is C9H12BO2. The number of carboxylic acid groups (broad SMARTS) is 1. The summed E-state index contributed by atoms with van der Waals surface area (Å²) in [5.41, 5.74) is 0.683. The van der Waals surface area contributed by atoms with Crippen LogP contribution in [0.4, 0.5) is 4.79 Å². The SMILES string of the molecule is C\C=C/C=C([B]C(=O)O)\C=C/C. The molecule has 0 unspecified atom stereocenters. The molecule has 0 heterocycles. The first-order valence-corrected chi connectivity index (χ1v) is 3.74. The summed E-state index contributed by atoms with van der Waals surface area (Å²) < 4.78 is 0. The van der Waals surface area contributed by atoms with Crippen molar-refractivity contribution in [2.45, 2.75) is 13.8 Å². The quantitative estimate of drug-likeness (QED) is 0.510. The zero-order valence-electron chi connectivity index (χ0n) is 7.32.